The van der Waals surface area contributed by atoms with Gasteiger partial charge in [-0.25, -0.2) is 13.2 Å². The van der Waals surface area contributed by atoms with Crippen molar-refractivity contribution in [2.24, 2.45) is 0 Å². The lowest BCUT2D eigenvalue weighted by molar-refractivity contribution is 0.211. The van der Waals surface area contributed by atoms with Gasteiger partial charge in [0.15, 0.2) is 0 Å². The fourth-order valence-corrected chi connectivity index (χ4v) is 3.91. The summed E-state index contributed by atoms with van der Waals surface area (Å²) in [6.07, 6.45) is 2.92. The molecule has 0 bridgehead atoms. The molecule has 1 saturated carbocycles. The lowest BCUT2D eigenvalue weighted by Crippen LogP contribution is -2.48. The van der Waals surface area contributed by atoms with E-state index < -0.39 is 11.6 Å². The van der Waals surface area contributed by atoms with Gasteiger partial charge in [0.05, 0.1) is 5.56 Å². The van der Waals surface area contributed by atoms with E-state index in [1.54, 1.807) is 0 Å². The first-order valence-electron chi connectivity index (χ1n) is 7.59. The normalized spacial score (nSPS) is 18.0. The molecular weight excluding hydrogens is 323 g/mol. The molecule has 1 aliphatic carbocycles. The molecule has 0 amide bonds. The second-order valence-electron chi connectivity index (χ2n) is 6.28. The zero-order chi connectivity index (χ0) is 15.3. The Hall–Kier alpha value is -1.52. The Labute approximate surface area is 139 Å². The number of nitrogens with one attached hydrogen (secondary N) is 1. The van der Waals surface area contributed by atoms with E-state index in [4.69, 9.17) is 0 Å². The molecule has 0 radical (unpaired) electrons. The van der Waals surface area contributed by atoms with E-state index in [0.717, 1.165) is 25.8 Å². The summed E-state index contributed by atoms with van der Waals surface area (Å²) in [4.78, 5) is 0. The molecule has 2 aromatic carbocycles. The van der Waals surface area contributed by atoms with Crippen LogP contribution >= 0.6 is 12.4 Å². The van der Waals surface area contributed by atoms with Gasteiger partial charge in [-0.1, -0.05) is 18.6 Å². The van der Waals surface area contributed by atoms with Crippen LogP contribution in [-0.4, -0.2) is 6.54 Å². The van der Waals surface area contributed by atoms with E-state index >= 15 is 0 Å². The molecule has 23 heavy (non-hydrogen) atoms. The van der Waals surface area contributed by atoms with E-state index in [1.165, 1.54) is 30.3 Å². The number of halogens is 4. The van der Waals surface area contributed by atoms with Crippen LogP contribution in [-0.2, 0) is 12.0 Å². The van der Waals surface area contributed by atoms with Gasteiger partial charge in [-0.05, 0) is 42.2 Å². The van der Waals surface area contributed by atoms with Crippen molar-refractivity contribution in [2.75, 3.05) is 6.54 Å². The lowest BCUT2D eigenvalue weighted by Gasteiger charge is -2.47. The standard InChI is InChI=1S/C18H16F3N.ClH/c19-13-3-1-4-14(20)16(13)11-5-6-15(21)17-12(11)9-22-10-18(17)7-2-8-18;/h1,3-6,22H,2,7-10H2;1H. The average Bonchev–Trinajstić information content (AvgIpc) is 2.47. The van der Waals surface area contributed by atoms with Gasteiger partial charge in [0.2, 0.25) is 0 Å². The topological polar surface area (TPSA) is 12.0 Å². The molecule has 1 nitrogen and oxygen atoms in total. The third kappa shape index (κ3) is 2.36. The summed E-state index contributed by atoms with van der Waals surface area (Å²) >= 11 is 0. The number of hydrogen-bond acceptors (Lipinski definition) is 1. The third-order valence-corrected chi connectivity index (χ3v) is 5.10. The molecule has 5 heteroatoms. The van der Waals surface area contributed by atoms with E-state index in [-0.39, 0.29) is 29.2 Å². The first-order valence-corrected chi connectivity index (χ1v) is 7.59. The summed E-state index contributed by atoms with van der Waals surface area (Å²) in [7, 11) is 0. The van der Waals surface area contributed by atoms with Crippen LogP contribution in [0.2, 0.25) is 0 Å². The second kappa shape index (κ2) is 5.84. The molecule has 122 valence electrons. The van der Waals surface area contributed by atoms with E-state index in [1.807, 2.05) is 0 Å². The van der Waals surface area contributed by atoms with Crippen molar-refractivity contribution in [1.82, 2.24) is 5.32 Å². The number of hydrogen-bond donors (Lipinski definition) is 1. The molecular formula is C18H17ClF3N. The molecule has 1 N–H and O–H groups in total. The molecule has 0 unspecified atom stereocenters. The quantitative estimate of drug-likeness (QED) is 0.793. The van der Waals surface area contributed by atoms with Crippen molar-refractivity contribution < 1.29 is 13.2 Å². The molecule has 0 atom stereocenters. The van der Waals surface area contributed by atoms with Crippen molar-refractivity contribution in [3.63, 3.8) is 0 Å². The third-order valence-electron chi connectivity index (χ3n) is 5.10. The van der Waals surface area contributed by atoms with Crippen molar-refractivity contribution in [3.8, 4) is 11.1 Å². The predicted molar refractivity (Wildman–Crippen MR) is 86.2 cm³/mol. The van der Waals surface area contributed by atoms with Crippen molar-refractivity contribution in [2.45, 2.75) is 31.2 Å². The zero-order valence-electron chi connectivity index (χ0n) is 12.5. The molecule has 0 saturated heterocycles. The van der Waals surface area contributed by atoms with Crippen LogP contribution in [0.4, 0.5) is 13.2 Å². The number of fused-ring (bicyclic) bond motifs is 2. The highest BCUT2D eigenvalue weighted by molar-refractivity contribution is 5.85. The van der Waals surface area contributed by atoms with Gasteiger partial charge in [0.1, 0.15) is 17.5 Å². The first-order chi connectivity index (χ1) is 10.6. The Kier molecular flexibility index (Phi) is 4.15. The Morgan fingerprint density at radius 3 is 2.22 bits per heavy atom. The zero-order valence-corrected chi connectivity index (χ0v) is 13.3. The summed E-state index contributed by atoms with van der Waals surface area (Å²) in [5, 5.41) is 3.30. The van der Waals surface area contributed by atoms with Crippen LogP contribution in [0.1, 0.15) is 30.4 Å². The summed E-state index contributed by atoms with van der Waals surface area (Å²) in [5.74, 6) is -1.47. The smallest absolute Gasteiger partial charge is 0.133 e. The van der Waals surface area contributed by atoms with E-state index in [0.29, 0.717) is 23.2 Å². The fraction of sp³-hybridized carbons (Fsp3) is 0.333. The van der Waals surface area contributed by atoms with Crippen molar-refractivity contribution >= 4 is 12.4 Å². The van der Waals surface area contributed by atoms with Crippen LogP contribution < -0.4 is 5.32 Å². The summed E-state index contributed by atoms with van der Waals surface area (Å²) in [6.45, 7) is 1.18. The largest absolute Gasteiger partial charge is 0.312 e. The van der Waals surface area contributed by atoms with Gasteiger partial charge in [0, 0.05) is 24.1 Å². The summed E-state index contributed by atoms with van der Waals surface area (Å²) in [6, 6.07) is 6.67. The minimum Gasteiger partial charge on any atom is -0.312 e. The van der Waals surface area contributed by atoms with Crippen molar-refractivity contribution in [3.05, 3.63) is 58.9 Å². The maximum atomic E-state index is 14.5. The predicted octanol–water partition coefficient (Wildman–Crippen LogP) is 4.72. The average molecular weight is 340 g/mol. The van der Waals surface area contributed by atoms with E-state index in [2.05, 4.69) is 5.32 Å². The van der Waals surface area contributed by atoms with Crippen LogP contribution in [0.3, 0.4) is 0 Å². The highest BCUT2D eigenvalue weighted by Crippen LogP contribution is 2.49. The maximum absolute atomic E-state index is 14.5. The van der Waals surface area contributed by atoms with Crippen LogP contribution in [0.25, 0.3) is 11.1 Å². The highest BCUT2D eigenvalue weighted by Gasteiger charge is 2.44. The molecule has 1 fully saturated rings. The fourth-order valence-electron chi connectivity index (χ4n) is 3.91. The van der Waals surface area contributed by atoms with Gasteiger partial charge < -0.3 is 5.32 Å². The minimum atomic E-state index is -0.609. The van der Waals surface area contributed by atoms with Gasteiger partial charge in [0.25, 0.3) is 0 Å². The maximum Gasteiger partial charge on any atom is 0.133 e. The van der Waals surface area contributed by atoms with Crippen LogP contribution in [0.15, 0.2) is 30.3 Å². The molecule has 1 spiro atoms. The van der Waals surface area contributed by atoms with Crippen LogP contribution in [0.5, 0.6) is 0 Å². The van der Waals surface area contributed by atoms with Crippen LogP contribution in [0, 0.1) is 17.5 Å². The molecule has 1 heterocycles. The Morgan fingerprint density at radius 2 is 1.61 bits per heavy atom. The number of benzene rings is 2. The Morgan fingerprint density at radius 1 is 0.913 bits per heavy atom. The first kappa shape index (κ1) is 16.3. The molecule has 1 aliphatic heterocycles. The Bertz CT molecular complexity index is 736. The van der Waals surface area contributed by atoms with E-state index in [9.17, 15) is 13.2 Å². The molecule has 2 aliphatic rings. The molecule has 4 rings (SSSR count). The van der Waals surface area contributed by atoms with Gasteiger partial charge in [-0.3, -0.25) is 0 Å². The van der Waals surface area contributed by atoms with Crippen molar-refractivity contribution in [1.29, 1.82) is 0 Å². The molecule has 2 aromatic rings. The number of rotatable bonds is 1. The minimum absolute atomic E-state index is 0. The van der Waals surface area contributed by atoms with Gasteiger partial charge in [-0.2, -0.15) is 0 Å². The summed E-state index contributed by atoms with van der Waals surface area (Å²) < 4.78 is 42.8. The Balaban J connectivity index is 0.00000156. The van der Waals surface area contributed by atoms with Gasteiger partial charge >= 0.3 is 0 Å². The lowest BCUT2D eigenvalue weighted by atomic mass is 9.61. The second-order valence-corrected chi connectivity index (χ2v) is 6.28. The highest BCUT2D eigenvalue weighted by atomic mass is 35.5. The molecule has 0 aromatic heterocycles. The van der Waals surface area contributed by atoms with Gasteiger partial charge in [-0.15, -0.1) is 12.4 Å². The SMILES string of the molecule is Cl.Fc1cccc(F)c1-c1ccc(F)c2c1CNCC21CCC1. The summed E-state index contributed by atoms with van der Waals surface area (Å²) in [5.41, 5.74) is 1.57. The monoisotopic (exact) mass is 339 g/mol.